The number of thiophene rings is 2. The third kappa shape index (κ3) is 2.45. The highest BCUT2D eigenvalue weighted by atomic mass is 32.2. The largest absolute Gasteiger partial charge is 0.616 e. The van der Waals surface area contributed by atoms with Gasteiger partial charge in [0.05, 0.1) is 0 Å². The van der Waals surface area contributed by atoms with Crippen molar-refractivity contribution in [2.24, 2.45) is 0 Å². The van der Waals surface area contributed by atoms with E-state index >= 15 is 0 Å². The summed E-state index contributed by atoms with van der Waals surface area (Å²) in [5.74, 6) is 0.705. The molecule has 0 aliphatic carbocycles. The van der Waals surface area contributed by atoms with E-state index in [1.54, 1.807) is 22.7 Å². The highest BCUT2D eigenvalue weighted by molar-refractivity contribution is 7.91. The lowest BCUT2D eigenvalue weighted by Gasteiger charge is -2.19. The van der Waals surface area contributed by atoms with E-state index in [2.05, 4.69) is 22.9 Å². The van der Waals surface area contributed by atoms with Gasteiger partial charge in [-0.15, -0.1) is 0 Å². The Morgan fingerprint density at radius 2 is 1.73 bits per heavy atom. The Morgan fingerprint density at radius 3 is 2.07 bits per heavy atom. The van der Waals surface area contributed by atoms with Crippen LogP contribution in [0.3, 0.4) is 0 Å². The zero-order valence-electron chi connectivity index (χ0n) is 8.38. The van der Waals surface area contributed by atoms with Crippen molar-refractivity contribution in [1.29, 1.82) is 0 Å². The van der Waals surface area contributed by atoms with Crippen LogP contribution in [0.1, 0.15) is 23.3 Å². The molecule has 0 aromatic carbocycles. The lowest BCUT2D eigenvalue weighted by Crippen LogP contribution is -2.15. The number of rotatable bonds is 4. The van der Waals surface area contributed by atoms with E-state index in [1.807, 2.05) is 17.7 Å². The van der Waals surface area contributed by atoms with Gasteiger partial charge in [-0.05, 0) is 51.8 Å². The first kappa shape index (κ1) is 11.2. The molecule has 0 spiro atoms. The van der Waals surface area contributed by atoms with Crippen molar-refractivity contribution >= 4 is 33.8 Å². The van der Waals surface area contributed by atoms with Gasteiger partial charge in [0.1, 0.15) is 5.75 Å². The molecule has 0 N–H and O–H groups in total. The molecule has 0 saturated carbocycles. The Morgan fingerprint density at radius 1 is 1.20 bits per heavy atom. The lowest BCUT2D eigenvalue weighted by atomic mass is 10.1. The van der Waals surface area contributed by atoms with Crippen molar-refractivity contribution in [2.75, 3.05) is 5.75 Å². The normalized spacial score (nSPS) is 13.3. The minimum Gasteiger partial charge on any atom is -0.616 e. The average Bonchev–Trinajstić information content (AvgIpc) is 2.90. The van der Waals surface area contributed by atoms with E-state index < -0.39 is 11.2 Å². The summed E-state index contributed by atoms with van der Waals surface area (Å²) in [7, 11) is 0. The maximum absolute atomic E-state index is 12.0. The van der Waals surface area contributed by atoms with Gasteiger partial charge in [0, 0.05) is 11.1 Å². The topological polar surface area (TPSA) is 23.1 Å². The Bertz CT molecular complexity index is 346. The van der Waals surface area contributed by atoms with Crippen LogP contribution in [-0.4, -0.2) is 10.3 Å². The number of hydrogen-bond acceptors (Lipinski definition) is 3. The molecule has 2 aromatic rings. The van der Waals surface area contributed by atoms with Crippen LogP contribution in [0.15, 0.2) is 33.7 Å². The number of hydrogen-bond donors (Lipinski definition) is 0. The molecule has 1 nitrogen and oxygen atoms in total. The minimum atomic E-state index is -0.810. The van der Waals surface area contributed by atoms with Gasteiger partial charge in [-0.2, -0.15) is 22.7 Å². The van der Waals surface area contributed by atoms with Crippen LogP contribution in [-0.2, 0) is 11.2 Å². The summed E-state index contributed by atoms with van der Waals surface area (Å²) in [6.45, 7) is 1.97. The fraction of sp³-hybridized carbons (Fsp3) is 0.273. The second kappa shape index (κ2) is 5.16. The van der Waals surface area contributed by atoms with Gasteiger partial charge in [0.25, 0.3) is 0 Å². The van der Waals surface area contributed by atoms with Crippen LogP contribution in [0.4, 0.5) is 0 Å². The van der Waals surface area contributed by atoms with Crippen molar-refractivity contribution < 1.29 is 4.55 Å². The van der Waals surface area contributed by atoms with Crippen molar-refractivity contribution in [3.05, 3.63) is 44.8 Å². The van der Waals surface area contributed by atoms with Crippen molar-refractivity contribution in [3.8, 4) is 0 Å². The van der Waals surface area contributed by atoms with Gasteiger partial charge in [0.2, 0.25) is 0 Å². The van der Waals surface area contributed by atoms with E-state index in [9.17, 15) is 4.55 Å². The molecule has 0 aliphatic heterocycles. The minimum absolute atomic E-state index is 0.0625. The van der Waals surface area contributed by atoms with Crippen LogP contribution < -0.4 is 0 Å². The van der Waals surface area contributed by atoms with Crippen LogP contribution in [0.2, 0.25) is 0 Å². The Hall–Kier alpha value is -0.290. The van der Waals surface area contributed by atoms with E-state index in [0.717, 1.165) is 0 Å². The van der Waals surface area contributed by atoms with Crippen LogP contribution >= 0.6 is 22.7 Å². The summed E-state index contributed by atoms with van der Waals surface area (Å²) in [6, 6.07) is 4.14. The van der Waals surface area contributed by atoms with Gasteiger partial charge in [-0.1, -0.05) is 0 Å². The lowest BCUT2D eigenvalue weighted by molar-refractivity contribution is 0.589. The molecule has 1 atom stereocenters. The molecule has 1 unspecified atom stereocenters. The highest BCUT2D eigenvalue weighted by Gasteiger charge is 2.25. The third-order valence-corrected chi connectivity index (χ3v) is 5.28. The van der Waals surface area contributed by atoms with E-state index in [-0.39, 0.29) is 5.25 Å². The van der Waals surface area contributed by atoms with E-state index in [1.165, 1.54) is 11.1 Å². The summed E-state index contributed by atoms with van der Waals surface area (Å²) in [5.41, 5.74) is 2.36. The molecule has 2 rings (SSSR count). The second-order valence-electron chi connectivity index (χ2n) is 3.16. The smallest absolute Gasteiger partial charge is 0.167 e. The molecular weight excluding hydrogens is 244 g/mol. The maximum Gasteiger partial charge on any atom is 0.167 e. The SMILES string of the molecule is CC[S+]([O-])C(c1ccsc1)c1ccsc1. The Kier molecular flexibility index (Phi) is 3.86. The van der Waals surface area contributed by atoms with Gasteiger partial charge in [0.15, 0.2) is 5.25 Å². The van der Waals surface area contributed by atoms with Crippen molar-refractivity contribution in [1.82, 2.24) is 0 Å². The maximum atomic E-state index is 12.0. The standard InChI is InChI=1S/C11H12OS3/c1-2-15(12)11(9-3-5-13-7-9)10-4-6-14-8-10/h3-8,11H,2H2,1H3. The Labute approximate surface area is 101 Å². The van der Waals surface area contributed by atoms with Gasteiger partial charge >= 0.3 is 0 Å². The molecule has 80 valence electrons. The third-order valence-electron chi connectivity index (χ3n) is 2.24. The predicted octanol–water partition coefficient (Wildman–Crippen LogP) is 3.67. The average molecular weight is 256 g/mol. The molecule has 2 heterocycles. The summed E-state index contributed by atoms with van der Waals surface area (Å²) in [6.07, 6.45) is 0. The van der Waals surface area contributed by atoms with E-state index in [0.29, 0.717) is 5.75 Å². The fourth-order valence-corrected chi connectivity index (χ4v) is 4.29. The van der Waals surface area contributed by atoms with Gasteiger partial charge in [-0.25, -0.2) is 0 Å². The zero-order chi connectivity index (χ0) is 10.7. The predicted molar refractivity (Wildman–Crippen MR) is 69.2 cm³/mol. The molecular formula is C11H12OS3. The van der Waals surface area contributed by atoms with Crippen LogP contribution in [0.25, 0.3) is 0 Å². The molecule has 15 heavy (non-hydrogen) atoms. The molecule has 2 aromatic heterocycles. The molecule has 0 amide bonds. The molecule has 0 fully saturated rings. The second-order valence-corrected chi connectivity index (χ2v) is 6.53. The van der Waals surface area contributed by atoms with E-state index in [4.69, 9.17) is 0 Å². The quantitative estimate of drug-likeness (QED) is 0.765. The summed E-state index contributed by atoms with van der Waals surface area (Å²) in [5, 5.41) is 8.34. The van der Waals surface area contributed by atoms with Crippen molar-refractivity contribution in [3.63, 3.8) is 0 Å². The molecule has 0 bridgehead atoms. The first-order valence-corrected chi connectivity index (χ1v) is 8.01. The summed E-state index contributed by atoms with van der Waals surface area (Å²) >= 11 is 2.51. The van der Waals surface area contributed by atoms with Gasteiger partial charge in [-0.3, -0.25) is 0 Å². The first-order valence-electron chi connectivity index (χ1n) is 4.74. The van der Waals surface area contributed by atoms with Crippen LogP contribution in [0.5, 0.6) is 0 Å². The molecule has 0 saturated heterocycles. The molecule has 0 radical (unpaired) electrons. The fourth-order valence-electron chi connectivity index (χ4n) is 1.51. The highest BCUT2D eigenvalue weighted by Crippen LogP contribution is 2.33. The zero-order valence-corrected chi connectivity index (χ0v) is 10.8. The summed E-state index contributed by atoms with van der Waals surface area (Å²) in [4.78, 5) is 0. The Balaban J connectivity index is 2.33. The monoisotopic (exact) mass is 256 g/mol. The summed E-state index contributed by atoms with van der Waals surface area (Å²) < 4.78 is 12.0. The van der Waals surface area contributed by atoms with Gasteiger partial charge < -0.3 is 4.55 Å². The van der Waals surface area contributed by atoms with Crippen LogP contribution in [0, 0.1) is 0 Å². The molecule has 4 heteroatoms. The first-order chi connectivity index (χ1) is 7.33. The molecule has 0 aliphatic rings. The van der Waals surface area contributed by atoms with Crippen molar-refractivity contribution in [2.45, 2.75) is 12.2 Å².